The molecule has 3 rings (SSSR count). The summed E-state index contributed by atoms with van der Waals surface area (Å²) in [5, 5.41) is 18.7. The molecule has 2 N–H and O–H groups in total. The van der Waals surface area contributed by atoms with Gasteiger partial charge in [0, 0.05) is 5.38 Å². The van der Waals surface area contributed by atoms with Crippen LogP contribution in [0.2, 0.25) is 0 Å². The van der Waals surface area contributed by atoms with Gasteiger partial charge in [-0.1, -0.05) is 22.6 Å². The van der Waals surface area contributed by atoms with Crippen molar-refractivity contribution in [3.63, 3.8) is 0 Å². The topological polar surface area (TPSA) is 101 Å². The van der Waals surface area contributed by atoms with Gasteiger partial charge in [0.2, 0.25) is 0 Å². The van der Waals surface area contributed by atoms with Crippen molar-refractivity contribution in [3.05, 3.63) is 44.5 Å². The Hall–Kier alpha value is -2.48. The third-order valence-electron chi connectivity index (χ3n) is 2.65. The summed E-state index contributed by atoms with van der Waals surface area (Å²) in [5.41, 5.74) is 1.77. The van der Waals surface area contributed by atoms with Crippen molar-refractivity contribution in [3.8, 4) is 0 Å². The molecule has 0 unspecified atom stereocenters. The van der Waals surface area contributed by atoms with Gasteiger partial charge in [-0.3, -0.25) is 4.79 Å². The number of rotatable bonds is 3. The van der Waals surface area contributed by atoms with E-state index in [1.807, 2.05) is 0 Å². The van der Waals surface area contributed by atoms with Gasteiger partial charge in [-0.25, -0.2) is 9.48 Å². The number of hydrogen-bond donors (Lipinski definition) is 2. The highest BCUT2D eigenvalue weighted by atomic mass is 32.1. The predicted molar refractivity (Wildman–Crippen MR) is 68.5 cm³/mol. The van der Waals surface area contributed by atoms with E-state index < -0.39 is 5.97 Å². The molecule has 0 saturated carbocycles. The molecule has 0 aliphatic rings. The minimum absolute atomic E-state index is 0.139. The first kappa shape index (κ1) is 11.6. The van der Waals surface area contributed by atoms with Gasteiger partial charge in [0.25, 0.3) is 0 Å². The van der Waals surface area contributed by atoms with E-state index in [2.05, 4.69) is 15.3 Å². The molecule has 0 aliphatic heterocycles. The summed E-state index contributed by atoms with van der Waals surface area (Å²) in [7, 11) is 0. The lowest BCUT2D eigenvalue weighted by Gasteiger charge is -2.02. The van der Waals surface area contributed by atoms with Crippen molar-refractivity contribution in [2.24, 2.45) is 0 Å². The highest BCUT2D eigenvalue weighted by Gasteiger charge is 2.15. The van der Waals surface area contributed by atoms with Crippen molar-refractivity contribution in [1.29, 1.82) is 0 Å². The number of aromatic amines is 1. The molecule has 0 atom stereocenters. The first-order valence-corrected chi connectivity index (χ1v) is 6.25. The van der Waals surface area contributed by atoms with E-state index >= 15 is 0 Å². The summed E-state index contributed by atoms with van der Waals surface area (Å²) in [6.07, 6.45) is 0. The zero-order valence-electron chi connectivity index (χ0n) is 9.53. The molecule has 0 bridgehead atoms. The molecule has 1 aromatic carbocycles. The summed E-state index contributed by atoms with van der Waals surface area (Å²) >= 11 is 1.05. The third kappa shape index (κ3) is 2.02. The molecule has 0 radical (unpaired) electrons. The highest BCUT2D eigenvalue weighted by molar-refractivity contribution is 7.07. The Labute approximate surface area is 110 Å². The molecule has 8 heteroatoms. The molecule has 7 nitrogen and oxygen atoms in total. The average Bonchev–Trinajstić information content (AvgIpc) is 2.97. The Balaban J connectivity index is 2.13. The second-order valence-corrected chi connectivity index (χ2v) is 4.74. The van der Waals surface area contributed by atoms with Crippen LogP contribution in [-0.2, 0) is 6.54 Å². The summed E-state index contributed by atoms with van der Waals surface area (Å²) in [5.74, 6) is -1.03. The number of carboxylic acid groups (broad SMARTS) is 1. The number of nitrogens with zero attached hydrogens (tertiary/aromatic N) is 3. The minimum atomic E-state index is -1.03. The lowest BCUT2D eigenvalue weighted by atomic mass is 10.2. The average molecular weight is 276 g/mol. The normalized spacial score (nSPS) is 10.9. The van der Waals surface area contributed by atoms with Gasteiger partial charge in [-0.05, 0) is 12.1 Å². The van der Waals surface area contributed by atoms with E-state index in [0.29, 0.717) is 16.7 Å². The Morgan fingerprint density at radius 2 is 2.32 bits per heavy atom. The standard InChI is InChI=1S/C11H8N4O3S/c16-10(17)7-2-1-3-8-9(7)15(14-13-8)4-6-5-19-11(18)12-6/h1-3,5H,4H2,(H,12,18)(H,16,17). The second-order valence-electron chi connectivity index (χ2n) is 3.90. The van der Waals surface area contributed by atoms with Crippen molar-refractivity contribution in [2.45, 2.75) is 6.54 Å². The maximum atomic E-state index is 11.2. The number of nitrogens with one attached hydrogen (secondary N) is 1. The number of aromatic nitrogens is 4. The molecule has 0 spiro atoms. The van der Waals surface area contributed by atoms with Gasteiger partial charge in [0.1, 0.15) is 11.0 Å². The van der Waals surface area contributed by atoms with E-state index in [1.54, 1.807) is 17.5 Å². The highest BCUT2D eigenvalue weighted by Crippen LogP contribution is 2.17. The number of hydrogen-bond acceptors (Lipinski definition) is 5. The Bertz CT molecular complexity index is 817. The predicted octanol–water partition coefficient (Wildman–Crippen LogP) is 0.928. The number of fused-ring (bicyclic) bond motifs is 1. The lowest BCUT2D eigenvalue weighted by Crippen LogP contribution is -2.07. The van der Waals surface area contributed by atoms with Gasteiger partial charge in [-0.15, -0.1) is 5.10 Å². The summed E-state index contributed by atoms with van der Waals surface area (Å²) in [6, 6.07) is 4.82. The van der Waals surface area contributed by atoms with Crippen LogP contribution in [0.3, 0.4) is 0 Å². The molecule has 0 fully saturated rings. The molecule has 19 heavy (non-hydrogen) atoms. The number of carboxylic acids is 1. The van der Waals surface area contributed by atoms with E-state index in [4.69, 9.17) is 0 Å². The van der Waals surface area contributed by atoms with Gasteiger partial charge < -0.3 is 10.1 Å². The quantitative estimate of drug-likeness (QED) is 0.741. The van der Waals surface area contributed by atoms with Crippen LogP contribution in [0.1, 0.15) is 16.1 Å². The maximum Gasteiger partial charge on any atom is 0.337 e. The fraction of sp³-hybridized carbons (Fsp3) is 0.0909. The molecular weight excluding hydrogens is 268 g/mol. The smallest absolute Gasteiger partial charge is 0.337 e. The van der Waals surface area contributed by atoms with Crippen LogP contribution in [0.4, 0.5) is 0 Å². The summed E-state index contributed by atoms with van der Waals surface area (Å²) < 4.78 is 1.47. The number of H-pyrrole nitrogens is 1. The van der Waals surface area contributed by atoms with E-state index in [1.165, 1.54) is 10.7 Å². The molecular formula is C11H8N4O3S. The van der Waals surface area contributed by atoms with Crippen LogP contribution < -0.4 is 4.87 Å². The van der Waals surface area contributed by atoms with Crippen LogP contribution in [-0.4, -0.2) is 31.1 Å². The van der Waals surface area contributed by atoms with E-state index in [-0.39, 0.29) is 17.0 Å². The molecule has 2 aromatic heterocycles. The first-order chi connectivity index (χ1) is 9.15. The monoisotopic (exact) mass is 276 g/mol. The molecule has 0 saturated heterocycles. The zero-order chi connectivity index (χ0) is 13.4. The molecule has 2 heterocycles. The van der Waals surface area contributed by atoms with Crippen LogP contribution in [0.25, 0.3) is 11.0 Å². The lowest BCUT2D eigenvalue weighted by molar-refractivity contribution is 0.0698. The largest absolute Gasteiger partial charge is 0.478 e. The zero-order valence-corrected chi connectivity index (χ0v) is 10.3. The van der Waals surface area contributed by atoms with Crippen molar-refractivity contribution in [1.82, 2.24) is 20.0 Å². The SMILES string of the molecule is O=C(O)c1cccc2nnn(Cc3csc(=O)[nH]3)c12. The Morgan fingerprint density at radius 3 is 3.00 bits per heavy atom. The van der Waals surface area contributed by atoms with Crippen LogP contribution in [0.15, 0.2) is 28.4 Å². The number of benzene rings is 1. The number of thiazole rings is 1. The summed E-state index contributed by atoms with van der Waals surface area (Å²) in [6.45, 7) is 0.277. The fourth-order valence-corrected chi connectivity index (χ4v) is 2.44. The maximum absolute atomic E-state index is 11.2. The third-order valence-corrected chi connectivity index (χ3v) is 3.37. The molecule has 3 aromatic rings. The number of para-hydroxylation sites is 1. The molecule has 0 aliphatic carbocycles. The minimum Gasteiger partial charge on any atom is -0.478 e. The van der Waals surface area contributed by atoms with E-state index in [0.717, 1.165) is 11.3 Å². The van der Waals surface area contributed by atoms with Crippen LogP contribution in [0, 0.1) is 0 Å². The van der Waals surface area contributed by atoms with Gasteiger partial charge in [0.05, 0.1) is 17.8 Å². The van der Waals surface area contributed by atoms with Gasteiger partial charge in [0.15, 0.2) is 0 Å². The van der Waals surface area contributed by atoms with Gasteiger partial charge in [-0.2, -0.15) is 0 Å². The van der Waals surface area contributed by atoms with Gasteiger partial charge >= 0.3 is 10.8 Å². The van der Waals surface area contributed by atoms with Crippen molar-refractivity contribution >= 4 is 28.3 Å². The van der Waals surface area contributed by atoms with Crippen LogP contribution >= 0.6 is 11.3 Å². The van der Waals surface area contributed by atoms with E-state index in [9.17, 15) is 14.7 Å². The summed E-state index contributed by atoms with van der Waals surface area (Å²) in [4.78, 5) is 24.8. The first-order valence-electron chi connectivity index (χ1n) is 5.37. The molecule has 96 valence electrons. The van der Waals surface area contributed by atoms with Crippen molar-refractivity contribution < 1.29 is 9.90 Å². The Morgan fingerprint density at radius 1 is 1.47 bits per heavy atom. The number of aromatic carboxylic acids is 1. The van der Waals surface area contributed by atoms with Crippen LogP contribution in [0.5, 0.6) is 0 Å². The fourth-order valence-electron chi connectivity index (χ4n) is 1.87. The molecule has 0 amide bonds. The second kappa shape index (κ2) is 4.32. The Kier molecular flexibility index (Phi) is 2.64. The number of carbonyl (C=O) groups is 1. The van der Waals surface area contributed by atoms with Crippen molar-refractivity contribution in [2.75, 3.05) is 0 Å².